The fourth-order valence-electron chi connectivity index (χ4n) is 2.18. The predicted molar refractivity (Wildman–Crippen MR) is 54.3 cm³/mol. The molecule has 14 heavy (non-hydrogen) atoms. The van der Waals surface area contributed by atoms with Crippen molar-refractivity contribution in [3.63, 3.8) is 0 Å². The SMILES string of the molecule is FCOc1cccc(C2CCCC2)c1. The minimum absolute atomic E-state index is 0.650. The molecule has 1 aromatic rings. The fraction of sp³-hybridized carbons (Fsp3) is 0.500. The minimum atomic E-state index is -0.742. The van der Waals surface area contributed by atoms with Crippen LogP contribution in [-0.2, 0) is 0 Å². The van der Waals surface area contributed by atoms with Gasteiger partial charge in [-0.3, -0.25) is 0 Å². The van der Waals surface area contributed by atoms with E-state index in [1.54, 1.807) is 6.07 Å². The molecule has 0 unspecified atom stereocenters. The molecule has 1 aliphatic carbocycles. The molecule has 1 saturated carbocycles. The van der Waals surface area contributed by atoms with Gasteiger partial charge in [-0.25, -0.2) is 4.39 Å². The normalized spacial score (nSPS) is 17.2. The number of benzene rings is 1. The van der Waals surface area contributed by atoms with Crippen LogP contribution in [0.25, 0.3) is 0 Å². The van der Waals surface area contributed by atoms with Crippen LogP contribution in [0, 0.1) is 0 Å². The molecule has 0 N–H and O–H groups in total. The molecule has 0 heterocycles. The van der Waals surface area contributed by atoms with Crippen LogP contribution in [0.1, 0.15) is 37.2 Å². The zero-order valence-corrected chi connectivity index (χ0v) is 8.21. The van der Waals surface area contributed by atoms with Gasteiger partial charge >= 0.3 is 0 Å². The third kappa shape index (κ3) is 2.06. The summed E-state index contributed by atoms with van der Waals surface area (Å²) in [4.78, 5) is 0. The topological polar surface area (TPSA) is 9.23 Å². The highest BCUT2D eigenvalue weighted by molar-refractivity contribution is 5.31. The Balaban J connectivity index is 2.12. The first-order chi connectivity index (χ1) is 6.90. The van der Waals surface area contributed by atoms with Gasteiger partial charge in [0.1, 0.15) is 5.75 Å². The van der Waals surface area contributed by atoms with Crippen LogP contribution >= 0.6 is 0 Å². The van der Waals surface area contributed by atoms with Crippen LogP contribution in [0.3, 0.4) is 0 Å². The average Bonchev–Trinajstić information content (AvgIpc) is 2.71. The maximum absolute atomic E-state index is 12.0. The Bertz CT molecular complexity index is 292. The van der Waals surface area contributed by atoms with Gasteiger partial charge in [-0.15, -0.1) is 0 Å². The molecular formula is C12H15FO. The first-order valence-corrected chi connectivity index (χ1v) is 5.19. The molecule has 0 amide bonds. The molecule has 0 saturated heterocycles. The van der Waals surface area contributed by atoms with Crippen molar-refractivity contribution in [2.24, 2.45) is 0 Å². The van der Waals surface area contributed by atoms with E-state index >= 15 is 0 Å². The second-order valence-corrected chi connectivity index (χ2v) is 3.81. The lowest BCUT2D eigenvalue weighted by atomic mass is 9.98. The monoisotopic (exact) mass is 194 g/mol. The number of hydrogen-bond donors (Lipinski definition) is 0. The fourth-order valence-corrected chi connectivity index (χ4v) is 2.18. The molecule has 76 valence electrons. The van der Waals surface area contributed by atoms with Gasteiger partial charge in [-0.05, 0) is 36.5 Å². The summed E-state index contributed by atoms with van der Waals surface area (Å²) in [6.45, 7) is -0.742. The summed E-state index contributed by atoms with van der Waals surface area (Å²) in [6, 6.07) is 7.83. The number of halogens is 1. The Morgan fingerprint density at radius 2 is 2.07 bits per heavy atom. The van der Waals surface area contributed by atoms with E-state index in [4.69, 9.17) is 4.74 Å². The zero-order chi connectivity index (χ0) is 9.80. The van der Waals surface area contributed by atoms with E-state index < -0.39 is 6.86 Å². The quantitative estimate of drug-likeness (QED) is 0.713. The molecule has 1 fully saturated rings. The van der Waals surface area contributed by atoms with E-state index in [-0.39, 0.29) is 0 Å². The van der Waals surface area contributed by atoms with E-state index in [0.717, 1.165) is 0 Å². The van der Waals surface area contributed by atoms with Crippen LogP contribution < -0.4 is 4.74 Å². The molecule has 1 aliphatic rings. The smallest absolute Gasteiger partial charge is 0.228 e. The van der Waals surface area contributed by atoms with Gasteiger partial charge in [0.15, 0.2) is 0 Å². The van der Waals surface area contributed by atoms with Gasteiger partial charge in [0.05, 0.1) is 0 Å². The highest BCUT2D eigenvalue weighted by atomic mass is 19.1. The summed E-state index contributed by atoms with van der Waals surface area (Å²) in [5.41, 5.74) is 1.30. The predicted octanol–water partition coefficient (Wildman–Crippen LogP) is 3.65. The number of hydrogen-bond acceptors (Lipinski definition) is 1. The summed E-state index contributed by atoms with van der Waals surface area (Å²) < 4.78 is 16.8. The van der Waals surface area contributed by atoms with Crippen LogP contribution in [0.5, 0.6) is 5.75 Å². The largest absolute Gasteiger partial charge is 0.463 e. The molecule has 0 bridgehead atoms. The second kappa shape index (κ2) is 4.45. The molecule has 0 radical (unpaired) electrons. The average molecular weight is 194 g/mol. The van der Waals surface area contributed by atoms with Gasteiger partial charge < -0.3 is 4.74 Å². The second-order valence-electron chi connectivity index (χ2n) is 3.81. The van der Waals surface area contributed by atoms with Gasteiger partial charge in [0, 0.05) is 0 Å². The van der Waals surface area contributed by atoms with E-state index in [1.807, 2.05) is 12.1 Å². The molecule has 0 aliphatic heterocycles. The van der Waals surface area contributed by atoms with Crippen molar-refractivity contribution in [1.29, 1.82) is 0 Å². The summed E-state index contributed by atoms with van der Waals surface area (Å²) >= 11 is 0. The highest BCUT2D eigenvalue weighted by Crippen LogP contribution is 2.35. The first-order valence-electron chi connectivity index (χ1n) is 5.19. The first kappa shape index (κ1) is 9.50. The summed E-state index contributed by atoms with van der Waals surface area (Å²) in [6.07, 6.45) is 5.16. The van der Waals surface area contributed by atoms with E-state index in [2.05, 4.69) is 6.07 Å². The van der Waals surface area contributed by atoms with Crippen molar-refractivity contribution < 1.29 is 9.13 Å². The molecule has 2 rings (SSSR count). The lowest BCUT2D eigenvalue weighted by Crippen LogP contribution is -1.94. The van der Waals surface area contributed by atoms with E-state index in [9.17, 15) is 4.39 Å². The summed E-state index contributed by atoms with van der Waals surface area (Å²) in [5.74, 6) is 1.31. The molecular weight excluding hydrogens is 179 g/mol. The lowest BCUT2D eigenvalue weighted by molar-refractivity contribution is 0.191. The maximum Gasteiger partial charge on any atom is 0.228 e. The number of ether oxygens (including phenoxy) is 1. The maximum atomic E-state index is 12.0. The van der Waals surface area contributed by atoms with Crippen molar-refractivity contribution in [2.75, 3.05) is 6.86 Å². The van der Waals surface area contributed by atoms with Gasteiger partial charge in [0.25, 0.3) is 0 Å². The van der Waals surface area contributed by atoms with Crippen molar-refractivity contribution in [3.8, 4) is 5.75 Å². The Labute approximate surface area is 83.9 Å². The Kier molecular flexibility index (Phi) is 3.02. The number of rotatable bonds is 3. The van der Waals surface area contributed by atoms with Gasteiger partial charge in [0.2, 0.25) is 6.86 Å². The van der Waals surface area contributed by atoms with Gasteiger partial charge in [-0.1, -0.05) is 25.0 Å². The highest BCUT2D eigenvalue weighted by Gasteiger charge is 2.17. The van der Waals surface area contributed by atoms with Gasteiger partial charge in [-0.2, -0.15) is 0 Å². The third-order valence-corrected chi connectivity index (χ3v) is 2.91. The standard InChI is InChI=1S/C12H15FO/c13-9-14-12-7-3-6-11(8-12)10-4-1-2-5-10/h3,6-8,10H,1-2,4-5,9H2. The van der Waals surface area contributed by atoms with Crippen molar-refractivity contribution in [2.45, 2.75) is 31.6 Å². The van der Waals surface area contributed by atoms with Crippen LogP contribution in [0.2, 0.25) is 0 Å². The van der Waals surface area contributed by atoms with Crippen molar-refractivity contribution in [1.82, 2.24) is 0 Å². The Hall–Kier alpha value is -1.05. The van der Waals surface area contributed by atoms with Crippen molar-refractivity contribution >= 4 is 0 Å². The molecule has 0 spiro atoms. The van der Waals surface area contributed by atoms with Crippen LogP contribution in [0.15, 0.2) is 24.3 Å². The molecule has 2 heteroatoms. The van der Waals surface area contributed by atoms with Crippen LogP contribution in [0.4, 0.5) is 4.39 Å². The molecule has 1 aromatic carbocycles. The Morgan fingerprint density at radius 3 is 2.79 bits per heavy atom. The molecule has 0 atom stereocenters. The summed E-state index contributed by atoms with van der Waals surface area (Å²) in [5, 5.41) is 0. The number of alkyl halides is 1. The van der Waals surface area contributed by atoms with Crippen LogP contribution in [-0.4, -0.2) is 6.86 Å². The lowest BCUT2D eigenvalue weighted by Gasteiger charge is -2.10. The van der Waals surface area contributed by atoms with E-state index in [1.165, 1.54) is 31.2 Å². The summed E-state index contributed by atoms with van der Waals surface area (Å²) in [7, 11) is 0. The Morgan fingerprint density at radius 1 is 1.29 bits per heavy atom. The molecule has 1 nitrogen and oxygen atoms in total. The zero-order valence-electron chi connectivity index (χ0n) is 8.21. The van der Waals surface area contributed by atoms with Crippen molar-refractivity contribution in [3.05, 3.63) is 29.8 Å². The molecule has 0 aromatic heterocycles. The van der Waals surface area contributed by atoms with E-state index in [0.29, 0.717) is 11.7 Å². The minimum Gasteiger partial charge on any atom is -0.463 e. The third-order valence-electron chi connectivity index (χ3n) is 2.91.